The lowest BCUT2D eigenvalue weighted by Gasteiger charge is -2.08. The summed E-state index contributed by atoms with van der Waals surface area (Å²) >= 11 is 9.34. The summed E-state index contributed by atoms with van der Waals surface area (Å²) in [5.74, 6) is 0.324. The molecule has 19 heavy (non-hydrogen) atoms. The number of carbonyl (C=O) groups excluding carboxylic acids is 1. The van der Waals surface area contributed by atoms with Gasteiger partial charge in [-0.15, -0.1) is 0 Å². The largest absolute Gasteiger partial charge is 0.306 e. The van der Waals surface area contributed by atoms with Crippen LogP contribution in [0.4, 0.5) is 5.82 Å². The van der Waals surface area contributed by atoms with Crippen LogP contribution in [-0.2, 0) is 0 Å². The number of amides is 1. The molecule has 1 N–H and O–H groups in total. The van der Waals surface area contributed by atoms with E-state index in [1.807, 2.05) is 26.0 Å². The Labute approximate surface area is 125 Å². The predicted octanol–water partition coefficient (Wildman–Crippen LogP) is 4.37. The lowest BCUT2D eigenvalue weighted by molar-refractivity contribution is 0.102. The molecule has 2 aromatic rings. The van der Waals surface area contributed by atoms with Gasteiger partial charge in [0, 0.05) is 21.3 Å². The van der Waals surface area contributed by atoms with E-state index in [-0.39, 0.29) is 5.91 Å². The molecule has 0 aliphatic heterocycles. The molecule has 3 nitrogen and oxygen atoms in total. The number of hydrogen-bond acceptors (Lipinski definition) is 2. The number of anilines is 1. The number of hydrogen-bond donors (Lipinski definition) is 1. The number of carbonyl (C=O) groups is 1. The molecule has 0 unspecified atom stereocenters. The summed E-state index contributed by atoms with van der Waals surface area (Å²) in [4.78, 5) is 16.3. The molecule has 0 saturated carbocycles. The van der Waals surface area contributed by atoms with Gasteiger partial charge in [-0.05, 0) is 59.1 Å². The van der Waals surface area contributed by atoms with Gasteiger partial charge in [-0.3, -0.25) is 4.79 Å². The van der Waals surface area contributed by atoms with E-state index in [9.17, 15) is 4.79 Å². The van der Waals surface area contributed by atoms with Crippen LogP contribution in [0.2, 0.25) is 5.02 Å². The van der Waals surface area contributed by atoms with Crippen LogP contribution in [0.5, 0.6) is 0 Å². The molecule has 0 aliphatic carbocycles. The van der Waals surface area contributed by atoms with Gasteiger partial charge in [0.15, 0.2) is 0 Å². The Hall–Kier alpha value is -1.39. The Morgan fingerprint density at radius 2 is 2.00 bits per heavy atom. The normalized spacial score (nSPS) is 10.3. The molecule has 98 valence electrons. The second-order valence-corrected chi connectivity index (χ2v) is 5.56. The summed E-state index contributed by atoms with van der Waals surface area (Å²) in [5.41, 5.74) is 2.34. The second-order valence-electron chi connectivity index (χ2n) is 4.24. The van der Waals surface area contributed by atoms with Crippen LogP contribution in [0.3, 0.4) is 0 Å². The molecular formula is C14H12BrClN2O. The molecule has 0 saturated heterocycles. The molecule has 0 fully saturated rings. The smallest absolute Gasteiger partial charge is 0.256 e. The van der Waals surface area contributed by atoms with Crippen LogP contribution < -0.4 is 5.32 Å². The van der Waals surface area contributed by atoms with Crippen molar-refractivity contribution in [3.63, 3.8) is 0 Å². The van der Waals surface area contributed by atoms with Gasteiger partial charge < -0.3 is 5.32 Å². The number of benzene rings is 1. The zero-order chi connectivity index (χ0) is 14.0. The highest BCUT2D eigenvalue weighted by molar-refractivity contribution is 9.10. The molecule has 1 aromatic heterocycles. The van der Waals surface area contributed by atoms with E-state index in [2.05, 4.69) is 26.2 Å². The lowest BCUT2D eigenvalue weighted by Crippen LogP contribution is -2.14. The van der Waals surface area contributed by atoms with E-state index >= 15 is 0 Å². The Balaban J connectivity index is 2.23. The van der Waals surface area contributed by atoms with Crippen LogP contribution in [0.15, 0.2) is 34.9 Å². The minimum atomic E-state index is -0.222. The van der Waals surface area contributed by atoms with Gasteiger partial charge in [0.1, 0.15) is 5.82 Å². The summed E-state index contributed by atoms with van der Waals surface area (Å²) < 4.78 is 0.876. The van der Waals surface area contributed by atoms with Gasteiger partial charge in [-0.1, -0.05) is 17.7 Å². The van der Waals surface area contributed by atoms with Crippen LogP contribution >= 0.6 is 27.5 Å². The Morgan fingerprint density at radius 1 is 1.26 bits per heavy atom. The van der Waals surface area contributed by atoms with E-state index in [0.717, 1.165) is 15.6 Å². The summed E-state index contributed by atoms with van der Waals surface area (Å²) in [6, 6.07) is 7.11. The van der Waals surface area contributed by atoms with Crippen molar-refractivity contribution >= 4 is 39.3 Å². The molecule has 1 aromatic carbocycles. The zero-order valence-corrected chi connectivity index (χ0v) is 12.8. The molecule has 0 spiro atoms. The third-order valence-electron chi connectivity index (χ3n) is 2.71. The first-order valence-electron chi connectivity index (χ1n) is 5.67. The summed E-state index contributed by atoms with van der Waals surface area (Å²) in [7, 11) is 0. The molecule has 0 aliphatic rings. The molecule has 5 heteroatoms. The third kappa shape index (κ3) is 3.33. The summed E-state index contributed by atoms with van der Waals surface area (Å²) in [6.07, 6.45) is 1.64. The highest BCUT2D eigenvalue weighted by Gasteiger charge is 2.10. The monoisotopic (exact) mass is 338 g/mol. The van der Waals surface area contributed by atoms with Gasteiger partial charge >= 0.3 is 0 Å². The summed E-state index contributed by atoms with van der Waals surface area (Å²) in [6.45, 7) is 3.78. The minimum Gasteiger partial charge on any atom is -0.306 e. The SMILES string of the molecule is Cc1ccc(C(=O)Nc2ncc(Br)cc2C)cc1Cl. The number of nitrogens with zero attached hydrogens (tertiary/aromatic N) is 1. The Morgan fingerprint density at radius 3 is 2.63 bits per heavy atom. The van der Waals surface area contributed by atoms with Crippen molar-refractivity contribution in [3.8, 4) is 0 Å². The fourth-order valence-electron chi connectivity index (χ4n) is 1.59. The van der Waals surface area contributed by atoms with Crippen LogP contribution in [-0.4, -0.2) is 10.9 Å². The number of aromatic nitrogens is 1. The summed E-state index contributed by atoms with van der Waals surface area (Å²) in [5, 5.41) is 3.35. The maximum absolute atomic E-state index is 12.1. The minimum absolute atomic E-state index is 0.222. The molecule has 0 bridgehead atoms. The van der Waals surface area contributed by atoms with Gasteiger partial charge in [0.25, 0.3) is 5.91 Å². The molecule has 1 amide bonds. The number of aryl methyl sites for hydroxylation is 2. The van der Waals surface area contributed by atoms with Crippen molar-refractivity contribution in [2.45, 2.75) is 13.8 Å². The standard InChI is InChI=1S/C14H12BrClN2O/c1-8-3-4-10(6-12(8)16)14(19)18-13-9(2)5-11(15)7-17-13/h3-7H,1-2H3,(H,17,18,19). The van der Waals surface area contributed by atoms with Crippen LogP contribution in [0, 0.1) is 13.8 Å². The first-order valence-corrected chi connectivity index (χ1v) is 6.84. The topological polar surface area (TPSA) is 42.0 Å². The van der Waals surface area contributed by atoms with Crippen molar-refractivity contribution in [3.05, 3.63) is 56.6 Å². The first-order chi connectivity index (χ1) is 8.97. The Bertz CT molecular complexity index is 643. The van der Waals surface area contributed by atoms with Gasteiger partial charge in [-0.2, -0.15) is 0 Å². The average Bonchev–Trinajstić information content (AvgIpc) is 2.36. The molecule has 2 rings (SSSR count). The van der Waals surface area contributed by atoms with E-state index < -0.39 is 0 Å². The van der Waals surface area contributed by atoms with E-state index in [1.165, 1.54) is 0 Å². The first kappa shape index (κ1) is 14.0. The fourth-order valence-corrected chi connectivity index (χ4v) is 2.21. The van der Waals surface area contributed by atoms with Crippen molar-refractivity contribution in [1.29, 1.82) is 0 Å². The highest BCUT2D eigenvalue weighted by Crippen LogP contribution is 2.20. The quantitative estimate of drug-likeness (QED) is 0.883. The second kappa shape index (κ2) is 5.72. The molecule has 0 radical (unpaired) electrons. The number of nitrogens with one attached hydrogen (secondary N) is 1. The number of pyridine rings is 1. The predicted molar refractivity (Wildman–Crippen MR) is 80.8 cm³/mol. The average molecular weight is 340 g/mol. The van der Waals surface area contributed by atoms with Crippen molar-refractivity contribution < 1.29 is 4.79 Å². The van der Waals surface area contributed by atoms with E-state index in [0.29, 0.717) is 16.4 Å². The van der Waals surface area contributed by atoms with E-state index in [4.69, 9.17) is 11.6 Å². The zero-order valence-electron chi connectivity index (χ0n) is 10.5. The number of rotatable bonds is 2. The maximum Gasteiger partial charge on any atom is 0.256 e. The fraction of sp³-hybridized carbons (Fsp3) is 0.143. The van der Waals surface area contributed by atoms with Crippen molar-refractivity contribution in [1.82, 2.24) is 4.98 Å². The van der Waals surface area contributed by atoms with E-state index in [1.54, 1.807) is 18.3 Å². The van der Waals surface area contributed by atoms with Gasteiger partial charge in [0.2, 0.25) is 0 Å². The third-order valence-corrected chi connectivity index (χ3v) is 3.55. The molecular weight excluding hydrogens is 328 g/mol. The lowest BCUT2D eigenvalue weighted by atomic mass is 10.1. The van der Waals surface area contributed by atoms with Crippen molar-refractivity contribution in [2.75, 3.05) is 5.32 Å². The molecule has 0 atom stereocenters. The van der Waals surface area contributed by atoms with Crippen LogP contribution in [0.1, 0.15) is 21.5 Å². The van der Waals surface area contributed by atoms with Gasteiger partial charge in [0.05, 0.1) is 0 Å². The highest BCUT2D eigenvalue weighted by atomic mass is 79.9. The Kier molecular flexibility index (Phi) is 4.22. The van der Waals surface area contributed by atoms with Gasteiger partial charge in [-0.25, -0.2) is 4.98 Å². The van der Waals surface area contributed by atoms with Crippen molar-refractivity contribution in [2.24, 2.45) is 0 Å². The van der Waals surface area contributed by atoms with Crippen LogP contribution in [0.25, 0.3) is 0 Å². The number of halogens is 2. The molecule has 1 heterocycles. The maximum atomic E-state index is 12.1.